The van der Waals surface area contributed by atoms with Gasteiger partial charge in [-0.2, -0.15) is 13.2 Å². The molecule has 0 aliphatic carbocycles. The molecule has 0 radical (unpaired) electrons. The van der Waals surface area contributed by atoms with Gasteiger partial charge in [-0.3, -0.25) is 14.4 Å². The third kappa shape index (κ3) is 12.7. The number of hydrogen-bond donors (Lipinski definition) is 4. The Morgan fingerprint density at radius 3 is 2.39 bits per heavy atom. The summed E-state index contributed by atoms with van der Waals surface area (Å²) in [6.07, 6.45) is -1.27. The van der Waals surface area contributed by atoms with Gasteiger partial charge in [0, 0.05) is 25.0 Å². The van der Waals surface area contributed by atoms with Crippen LogP contribution >= 0.6 is 0 Å². The molecule has 4 amide bonds. The highest BCUT2D eigenvalue weighted by Gasteiger charge is 2.33. The van der Waals surface area contributed by atoms with Gasteiger partial charge in [-0.15, -0.1) is 0 Å². The lowest BCUT2D eigenvalue weighted by molar-refractivity contribution is -0.144. The summed E-state index contributed by atoms with van der Waals surface area (Å²) < 4.78 is 59.0. The van der Waals surface area contributed by atoms with Gasteiger partial charge >= 0.3 is 18.2 Å². The van der Waals surface area contributed by atoms with E-state index in [1.54, 1.807) is 19.9 Å². The average molecular weight is 691 g/mol. The Hall–Kier alpha value is -4.75. The average Bonchev–Trinajstić information content (AvgIpc) is 3.03. The Balaban J connectivity index is 1.88. The number of rotatable bonds is 11. The largest absolute Gasteiger partial charge is 0.467 e. The molecule has 1 heterocycles. The molecule has 0 saturated carbocycles. The highest BCUT2D eigenvalue weighted by Crippen LogP contribution is 2.30. The molecule has 4 N–H and O–H groups in total. The first-order chi connectivity index (χ1) is 23.2. The van der Waals surface area contributed by atoms with Crippen LogP contribution in [0.4, 0.5) is 22.4 Å². The monoisotopic (exact) mass is 690 g/mol. The third-order valence-corrected chi connectivity index (χ3v) is 8.05. The number of hydrogen-bond acceptors (Lipinski definition) is 6. The minimum absolute atomic E-state index is 0.112. The molecule has 4 atom stereocenters. The van der Waals surface area contributed by atoms with Gasteiger partial charge in [-0.1, -0.05) is 56.7 Å². The third-order valence-electron chi connectivity index (χ3n) is 8.05. The highest BCUT2D eigenvalue weighted by molar-refractivity contribution is 5.93. The minimum Gasteiger partial charge on any atom is -0.467 e. The number of methoxy groups -OCH3 is 1. The number of esters is 1. The summed E-state index contributed by atoms with van der Waals surface area (Å²) in [4.78, 5) is 65.1. The normalized spacial score (nSPS) is 19.3. The van der Waals surface area contributed by atoms with Gasteiger partial charge < -0.3 is 26.0 Å². The predicted octanol–water partition coefficient (Wildman–Crippen LogP) is 4.41. The maximum Gasteiger partial charge on any atom is 0.416 e. The van der Waals surface area contributed by atoms with E-state index in [9.17, 15) is 41.5 Å². The lowest BCUT2D eigenvalue weighted by Gasteiger charge is -2.25. The molecule has 14 heteroatoms. The van der Waals surface area contributed by atoms with Crippen molar-refractivity contribution < 1.29 is 46.3 Å². The summed E-state index contributed by atoms with van der Waals surface area (Å²) in [5.41, 5.74) is -0.270. The Kier molecular flexibility index (Phi) is 14.3. The number of alkyl halides is 3. The van der Waals surface area contributed by atoms with Gasteiger partial charge in [0.05, 0.1) is 24.8 Å². The van der Waals surface area contributed by atoms with E-state index in [2.05, 4.69) is 21.3 Å². The van der Waals surface area contributed by atoms with Gasteiger partial charge in [0.25, 0.3) is 0 Å². The van der Waals surface area contributed by atoms with Gasteiger partial charge in [0.2, 0.25) is 11.8 Å². The van der Waals surface area contributed by atoms with Crippen molar-refractivity contribution in [2.24, 2.45) is 11.8 Å². The van der Waals surface area contributed by atoms with Crippen LogP contribution in [0.5, 0.6) is 0 Å². The van der Waals surface area contributed by atoms with Crippen LogP contribution in [0.1, 0.15) is 56.2 Å². The second-order valence-electron chi connectivity index (χ2n) is 12.3. The number of halogens is 4. The summed E-state index contributed by atoms with van der Waals surface area (Å²) in [5.74, 6) is -4.00. The maximum atomic E-state index is 13.9. The number of carbonyl (C=O) groups is 5. The first kappa shape index (κ1) is 38.7. The number of nitrogens with one attached hydrogen (secondary N) is 4. The number of ketones is 1. The van der Waals surface area contributed by atoms with E-state index in [1.807, 2.05) is 0 Å². The molecule has 0 unspecified atom stereocenters. The zero-order valence-corrected chi connectivity index (χ0v) is 27.6. The quantitative estimate of drug-likeness (QED) is 0.203. The molecular formula is C35H42F4N4O6. The summed E-state index contributed by atoms with van der Waals surface area (Å²) in [5, 5.41) is 10.5. The van der Waals surface area contributed by atoms with Crippen LogP contribution in [0, 0.1) is 17.7 Å². The standard InChI is InChI=1S/C35H42F4N4O6/c1-21(2)31(33(47)49-3)43-34(48)42-28(19-22-8-6-11-25(16-22)35(37,38)39)29(44)20-24-10-4-5-15-40-30(45)14-13-27(41-32(24)46)18-23-9-7-12-26(36)17-23/h6-9,11-14,16-17,21,24,27-28,31H,4-5,10,15,18-20H2,1-3H3,(H,40,45)(H,41,46)(H2,42,43,48)/b14-13+/t24-,27-,28+,31+/m1/s1. The van der Waals surface area contributed by atoms with Crippen LogP contribution in [0.25, 0.3) is 0 Å². The van der Waals surface area contributed by atoms with Crippen molar-refractivity contribution in [2.45, 2.75) is 76.7 Å². The van der Waals surface area contributed by atoms with Crippen LogP contribution in [0.3, 0.4) is 0 Å². The first-order valence-corrected chi connectivity index (χ1v) is 16.0. The zero-order valence-electron chi connectivity index (χ0n) is 27.6. The van der Waals surface area contributed by atoms with E-state index in [4.69, 9.17) is 4.74 Å². The van der Waals surface area contributed by atoms with Crippen molar-refractivity contribution in [3.8, 4) is 0 Å². The van der Waals surface area contributed by atoms with Gasteiger partial charge in [0.15, 0.2) is 5.78 Å². The van der Waals surface area contributed by atoms with Crippen LogP contribution in [-0.4, -0.2) is 61.4 Å². The summed E-state index contributed by atoms with van der Waals surface area (Å²) in [6, 6.07) is 6.00. The predicted molar refractivity (Wildman–Crippen MR) is 172 cm³/mol. The van der Waals surface area contributed by atoms with E-state index >= 15 is 0 Å². The summed E-state index contributed by atoms with van der Waals surface area (Å²) >= 11 is 0. The van der Waals surface area contributed by atoms with Gasteiger partial charge in [0.1, 0.15) is 11.9 Å². The molecule has 266 valence electrons. The zero-order chi connectivity index (χ0) is 36.1. The Bertz CT molecular complexity index is 1510. The number of amides is 4. The summed E-state index contributed by atoms with van der Waals surface area (Å²) in [6.45, 7) is 3.65. The number of carbonyl (C=O) groups excluding carboxylic acids is 5. The SMILES string of the molecule is COC(=O)[C@@H](NC(=O)N[C@@H](Cc1cccc(C(F)(F)F)c1)C(=O)C[C@H]1CCCCNC(=O)/C=C/[C@H](Cc2cccc(F)c2)NC1=O)C(C)C. The van der Waals surface area contributed by atoms with Crippen LogP contribution in [0.2, 0.25) is 0 Å². The van der Waals surface area contributed by atoms with Gasteiger partial charge in [-0.05, 0) is 60.9 Å². The minimum atomic E-state index is -4.65. The molecule has 2 aromatic rings. The van der Waals surface area contributed by atoms with Crippen molar-refractivity contribution in [3.63, 3.8) is 0 Å². The number of Topliss-reactive ketones (excluding diaryl/α,β-unsaturated/α-hetero) is 1. The van der Waals surface area contributed by atoms with Crippen molar-refractivity contribution in [1.82, 2.24) is 21.3 Å². The van der Waals surface area contributed by atoms with Crippen molar-refractivity contribution >= 4 is 29.6 Å². The highest BCUT2D eigenvalue weighted by atomic mass is 19.4. The van der Waals surface area contributed by atoms with E-state index in [-0.39, 0.29) is 37.2 Å². The lowest BCUT2D eigenvalue weighted by Crippen LogP contribution is -2.53. The topological polar surface area (TPSA) is 143 Å². The van der Waals surface area contributed by atoms with Gasteiger partial charge in [-0.25, -0.2) is 14.0 Å². The fourth-order valence-electron chi connectivity index (χ4n) is 5.41. The molecule has 1 aliphatic rings. The molecule has 49 heavy (non-hydrogen) atoms. The fourth-order valence-corrected chi connectivity index (χ4v) is 5.41. The Morgan fingerprint density at radius 2 is 1.71 bits per heavy atom. The first-order valence-electron chi connectivity index (χ1n) is 16.0. The number of urea groups is 1. The van der Waals surface area contributed by atoms with Crippen molar-refractivity contribution in [1.29, 1.82) is 0 Å². The molecule has 0 fully saturated rings. The molecule has 3 rings (SSSR count). The molecule has 0 aromatic heterocycles. The smallest absolute Gasteiger partial charge is 0.416 e. The molecule has 1 aliphatic heterocycles. The number of ether oxygens (including phenoxy) is 1. The van der Waals surface area contributed by atoms with E-state index < -0.39 is 71.2 Å². The van der Waals surface area contributed by atoms with Crippen LogP contribution < -0.4 is 21.3 Å². The molecule has 0 bridgehead atoms. The van der Waals surface area contributed by atoms with E-state index in [1.165, 1.54) is 42.5 Å². The fraction of sp³-hybridized carbons (Fsp3) is 0.457. The van der Waals surface area contributed by atoms with Crippen molar-refractivity contribution in [3.05, 3.63) is 83.2 Å². The van der Waals surface area contributed by atoms with Crippen molar-refractivity contribution in [2.75, 3.05) is 13.7 Å². The molecule has 2 aromatic carbocycles. The van der Waals surface area contributed by atoms with E-state index in [0.717, 1.165) is 19.2 Å². The second kappa shape index (κ2) is 18.1. The van der Waals surface area contributed by atoms with Crippen LogP contribution in [0.15, 0.2) is 60.7 Å². The Morgan fingerprint density at radius 1 is 1.00 bits per heavy atom. The second-order valence-corrected chi connectivity index (χ2v) is 12.3. The van der Waals surface area contributed by atoms with E-state index in [0.29, 0.717) is 24.9 Å². The molecule has 0 saturated heterocycles. The number of benzene rings is 2. The lowest BCUT2D eigenvalue weighted by atomic mass is 9.90. The molecule has 0 spiro atoms. The molecule has 10 nitrogen and oxygen atoms in total. The van der Waals surface area contributed by atoms with Crippen LogP contribution in [-0.2, 0) is 42.9 Å². The Labute approximate surface area is 282 Å². The summed E-state index contributed by atoms with van der Waals surface area (Å²) in [7, 11) is 1.15. The maximum absolute atomic E-state index is 13.9. The molecular weight excluding hydrogens is 648 g/mol.